The van der Waals surface area contributed by atoms with E-state index >= 15 is 0 Å². The topological polar surface area (TPSA) is 154 Å². The van der Waals surface area contributed by atoms with Gasteiger partial charge in [0, 0.05) is 24.0 Å². The number of nitro groups is 1. The summed E-state index contributed by atoms with van der Waals surface area (Å²) < 4.78 is 6.07. The number of rotatable bonds is 5. The first-order valence-electron chi connectivity index (χ1n) is 6.90. The van der Waals surface area contributed by atoms with Crippen molar-refractivity contribution in [1.29, 1.82) is 0 Å². The third-order valence-electron chi connectivity index (χ3n) is 3.21. The van der Waals surface area contributed by atoms with Crippen LogP contribution in [0.15, 0.2) is 52.3 Å². The number of non-ortho nitro benzene ring substituents is 1. The number of amides is 1. The van der Waals surface area contributed by atoms with Crippen LogP contribution in [0.1, 0.15) is 16.2 Å². The molecule has 2 heterocycles. The summed E-state index contributed by atoms with van der Waals surface area (Å²) in [6.45, 7) is 0. The van der Waals surface area contributed by atoms with Crippen LogP contribution in [0, 0.1) is 10.1 Å². The Morgan fingerprint density at radius 1 is 1.32 bits per heavy atom. The van der Waals surface area contributed by atoms with Gasteiger partial charge in [-0.2, -0.15) is 5.10 Å². The molecule has 11 heteroatoms. The van der Waals surface area contributed by atoms with Crippen LogP contribution in [0.2, 0.25) is 0 Å². The van der Waals surface area contributed by atoms with Crippen LogP contribution in [0.4, 0.5) is 11.5 Å². The minimum absolute atomic E-state index is 0.00260. The summed E-state index contributed by atoms with van der Waals surface area (Å²) >= 11 is 0. The Labute approximate surface area is 139 Å². The Morgan fingerprint density at radius 2 is 2.08 bits per heavy atom. The van der Waals surface area contributed by atoms with Crippen molar-refractivity contribution < 1.29 is 14.3 Å². The number of nitrogens with two attached hydrogens (primary N) is 1. The summed E-state index contributed by atoms with van der Waals surface area (Å²) in [6, 6.07) is 9.54. The SMILES string of the molecule is Nc1nonc1C(=O)N/N=C\c1cccn1-c1ccc([N+](=O)[O-])cc1. The second kappa shape index (κ2) is 6.62. The number of anilines is 1. The molecule has 0 aliphatic heterocycles. The molecule has 25 heavy (non-hydrogen) atoms. The van der Waals surface area contributed by atoms with Gasteiger partial charge in [0.05, 0.1) is 16.8 Å². The van der Waals surface area contributed by atoms with Crippen molar-refractivity contribution in [3.8, 4) is 5.69 Å². The van der Waals surface area contributed by atoms with Crippen molar-refractivity contribution in [1.82, 2.24) is 20.3 Å². The monoisotopic (exact) mass is 341 g/mol. The van der Waals surface area contributed by atoms with Crippen molar-refractivity contribution in [2.75, 3.05) is 5.73 Å². The van der Waals surface area contributed by atoms with E-state index in [4.69, 9.17) is 5.73 Å². The molecule has 0 aliphatic rings. The van der Waals surface area contributed by atoms with Crippen molar-refractivity contribution in [2.45, 2.75) is 0 Å². The molecule has 0 spiro atoms. The number of carbonyl (C=O) groups is 1. The van der Waals surface area contributed by atoms with Crippen LogP contribution in [0.5, 0.6) is 0 Å². The molecular formula is C14H11N7O4. The molecule has 3 aromatic rings. The molecular weight excluding hydrogens is 330 g/mol. The number of hydrogen-bond donors (Lipinski definition) is 2. The maximum absolute atomic E-state index is 11.8. The van der Waals surface area contributed by atoms with E-state index in [0.29, 0.717) is 11.4 Å². The van der Waals surface area contributed by atoms with Gasteiger partial charge in [0.1, 0.15) is 0 Å². The zero-order chi connectivity index (χ0) is 17.8. The lowest BCUT2D eigenvalue weighted by Gasteiger charge is -2.05. The van der Waals surface area contributed by atoms with E-state index in [1.807, 2.05) is 0 Å². The predicted molar refractivity (Wildman–Crippen MR) is 86.2 cm³/mol. The van der Waals surface area contributed by atoms with Gasteiger partial charge < -0.3 is 10.3 Å². The number of benzene rings is 1. The third kappa shape index (κ3) is 3.34. The first kappa shape index (κ1) is 15.9. The second-order valence-corrected chi connectivity index (χ2v) is 4.77. The molecule has 1 amide bonds. The number of hydrogen-bond acceptors (Lipinski definition) is 8. The maximum atomic E-state index is 11.8. The summed E-state index contributed by atoms with van der Waals surface area (Å²) in [6.07, 6.45) is 3.16. The van der Waals surface area contributed by atoms with E-state index in [2.05, 4.69) is 25.5 Å². The van der Waals surface area contributed by atoms with E-state index in [1.54, 1.807) is 35.0 Å². The standard InChI is InChI=1S/C14H11N7O4/c15-13-12(18-25-19-13)14(22)17-16-8-11-2-1-7-20(11)9-3-5-10(6-4-9)21(23)24/h1-8H,(H2,15,19)(H,17,22)/b16-8-. The summed E-state index contributed by atoms with van der Waals surface area (Å²) in [4.78, 5) is 22.0. The number of hydrazone groups is 1. The predicted octanol–water partition coefficient (Wildman–Crippen LogP) is 1.11. The third-order valence-corrected chi connectivity index (χ3v) is 3.21. The van der Waals surface area contributed by atoms with Crippen molar-refractivity contribution in [2.24, 2.45) is 5.10 Å². The molecule has 126 valence electrons. The highest BCUT2D eigenvalue weighted by Gasteiger charge is 2.15. The Bertz CT molecular complexity index is 942. The van der Waals surface area contributed by atoms with Crippen LogP contribution < -0.4 is 11.2 Å². The Kier molecular flexibility index (Phi) is 4.20. The smallest absolute Gasteiger partial charge is 0.297 e. The van der Waals surface area contributed by atoms with Gasteiger partial charge in [-0.15, -0.1) is 0 Å². The Morgan fingerprint density at radius 3 is 2.72 bits per heavy atom. The zero-order valence-corrected chi connectivity index (χ0v) is 12.6. The summed E-state index contributed by atoms with van der Waals surface area (Å²) in [5, 5.41) is 21.2. The highest BCUT2D eigenvalue weighted by Crippen LogP contribution is 2.16. The number of nitrogens with one attached hydrogen (secondary N) is 1. The maximum Gasteiger partial charge on any atom is 0.297 e. The first-order chi connectivity index (χ1) is 12.1. The Balaban J connectivity index is 1.74. The zero-order valence-electron chi connectivity index (χ0n) is 12.6. The van der Waals surface area contributed by atoms with Gasteiger partial charge in [-0.05, 0) is 34.6 Å². The van der Waals surface area contributed by atoms with Crippen molar-refractivity contribution in [3.63, 3.8) is 0 Å². The molecule has 0 saturated heterocycles. The summed E-state index contributed by atoms with van der Waals surface area (Å²) in [5.74, 6) is -0.801. The van der Waals surface area contributed by atoms with Gasteiger partial charge in [0.25, 0.3) is 11.6 Å². The number of nitrogen functional groups attached to an aromatic ring is 1. The number of carbonyl (C=O) groups excluding carboxylic acids is 1. The lowest BCUT2D eigenvalue weighted by Crippen LogP contribution is -2.19. The van der Waals surface area contributed by atoms with E-state index < -0.39 is 10.8 Å². The van der Waals surface area contributed by atoms with Gasteiger partial charge in [-0.25, -0.2) is 10.1 Å². The van der Waals surface area contributed by atoms with Crippen LogP contribution in [-0.4, -0.2) is 31.9 Å². The van der Waals surface area contributed by atoms with Crippen LogP contribution in [-0.2, 0) is 0 Å². The molecule has 0 unspecified atom stereocenters. The van der Waals surface area contributed by atoms with Crippen LogP contribution in [0.25, 0.3) is 5.69 Å². The molecule has 1 aromatic carbocycles. The number of nitrogens with zero attached hydrogens (tertiary/aromatic N) is 5. The highest BCUT2D eigenvalue weighted by atomic mass is 16.6. The highest BCUT2D eigenvalue weighted by molar-refractivity contribution is 5.96. The van der Waals surface area contributed by atoms with E-state index in [0.717, 1.165) is 0 Å². The molecule has 0 saturated carbocycles. The average molecular weight is 341 g/mol. The molecule has 0 aliphatic carbocycles. The number of nitro benzene ring substituents is 1. The van der Waals surface area contributed by atoms with Crippen LogP contribution >= 0.6 is 0 Å². The lowest BCUT2D eigenvalue weighted by molar-refractivity contribution is -0.384. The normalized spacial score (nSPS) is 10.9. The molecule has 2 aromatic heterocycles. The van der Waals surface area contributed by atoms with E-state index in [-0.39, 0.29) is 17.2 Å². The summed E-state index contributed by atoms with van der Waals surface area (Å²) in [7, 11) is 0. The Hall–Kier alpha value is -4.02. The summed E-state index contributed by atoms with van der Waals surface area (Å²) in [5.41, 5.74) is 8.84. The van der Waals surface area contributed by atoms with E-state index in [9.17, 15) is 14.9 Å². The van der Waals surface area contributed by atoms with Gasteiger partial charge >= 0.3 is 0 Å². The fraction of sp³-hybridized carbons (Fsp3) is 0. The quantitative estimate of drug-likeness (QED) is 0.400. The van der Waals surface area contributed by atoms with Gasteiger partial charge in [0.2, 0.25) is 11.5 Å². The molecule has 0 fully saturated rings. The molecule has 3 N–H and O–H groups in total. The molecule has 0 atom stereocenters. The van der Waals surface area contributed by atoms with Crippen molar-refractivity contribution in [3.05, 3.63) is 64.1 Å². The number of aromatic nitrogens is 3. The molecule has 3 rings (SSSR count). The fourth-order valence-electron chi connectivity index (χ4n) is 2.03. The second-order valence-electron chi connectivity index (χ2n) is 4.77. The van der Waals surface area contributed by atoms with Crippen molar-refractivity contribution >= 4 is 23.6 Å². The minimum Gasteiger partial charge on any atom is -0.379 e. The van der Waals surface area contributed by atoms with Gasteiger partial charge in [-0.3, -0.25) is 14.9 Å². The van der Waals surface area contributed by atoms with E-state index in [1.165, 1.54) is 18.3 Å². The molecule has 11 nitrogen and oxygen atoms in total. The van der Waals surface area contributed by atoms with Gasteiger partial charge in [0.15, 0.2) is 0 Å². The molecule has 0 bridgehead atoms. The molecule has 0 radical (unpaired) electrons. The largest absolute Gasteiger partial charge is 0.379 e. The fourth-order valence-corrected chi connectivity index (χ4v) is 2.03. The van der Waals surface area contributed by atoms with Crippen LogP contribution in [0.3, 0.4) is 0 Å². The lowest BCUT2D eigenvalue weighted by atomic mass is 10.3. The minimum atomic E-state index is -0.663. The first-order valence-corrected chi connectivity index (χ1v) is 6.90. The average Bonchev–Trinajstić information content (AvgIpc) is 3.23. The van der Waals surface area contributed by atoms with Gasteiger partial charge in [-0.1, -0.05) is 0 Å².